The molecule has 0 radical (unpaired) electrons. The summed E-state index contributed by atoms with van der Waals surface area (Å²) in [6, 6.07) is 2.09. The predicted octanol–water partition coefficient (Wildman–Crippen LogP) is 1.56. The zero-order valence-corrected chi connectivity index (χ0v) is 42.4. The molecule has 22 nitrogen and oxygen atoms in total. The normalized spacial score (nSPS) is 19.4. The number of primary sulfonamides is 1. The van der Waals surface area contributed by atoms with Gasteiger partial charge in [-0.1, -0.05) is 13.8 Å². The first kappa shape index (κ1) is 57.4. The van der Waals surface area contributed by atoms with Gasteiger partial charge in [0.05, 0.1) is 5.60 Å². The number of sulfonamides is 4. The summed E-state index contributed by atoms with van der Waals surface area (Å²) in [5.74, 6) is -2.53. The maximum absolute atomic E-state index is 13.1. The van der Waals surface area contributed by atoms with E-state index in [1.54, 1.807) is 35.0 Å². The summed E-state index contributed by atoms with van der Waals surface area (Å²) in [7, 11) is -12.7. The van der Waals surface area contributed by atoms with Crippen LogP contribution in [0.15, 0.2) is 29.0 Å². The van der Waals surface area contributed by atoms with Crippen molar-refractivity contribution >= 4 is 80.6 Å². The van der Waals surface area contributed by atoms with Gasteiger partial charge in [-0.25, -0.2) is 48.3 Å². The van der Waals surface area contributed by atoms with E-state index in [0.29, 0.717) is 79.5 Å². The number of carboxylic acids is 1. The highest BCUT2D eigenvalue weighted by molar-refractivity contribution is 7.94. The van der Waals surface area contributed by atoms with Crippen LogP contribution in [-0.4, -0.2) is 150 Å². The van der Waals surface area contributed by atoms with Crippen molar-refractivity contribution in [2.24, 2.45) is 5.14 Å². The molecule has 2 aliphatic rings. The number of amides is 1. The molecule has 64 heavy (non-hydrogen) atoms. The number of methoxy groups -OCH3 is 2. The highest BCUT2D eigenvalue weighted by atomic mass is 32.3. The smallest absolute Gasteiger partial charge is 0.344 e. The molecule has 1 amide bonds. The number of ether oxygens (including phenoxy) is 4. The third-order valence-corrected chi connectivity index (χ3v) is 19.2. The van der Waals surface area contributed by atoms with E-state index < -0.39 is 75.7 Å². The summed E-state index contributed by atoms with van der Waals surface area (Å²) in [4.78, 5) is 32.4. The van der Waals surface area contributed by atoms with E-state index in [2.05, 4.69) is 15.4 Å². The van der Waals surface area contributed by atoms with Gasteiger partial charge in [-0.2, -0.15) is 8.61 Å². The molecule has 0 fully saturated rings. The number of nitrogens with one attached hydrogen (secondary N) is 3. The average Bonchev–Trinajstić information content (AvgIpc) is 3.84. The fraction of sp³-hybridized carbons (Fsp3) is 0.694. The van der Waals surface area contributed by atoms with Gasteiger partial charge in [0.2, 0.25) is 10.0 Å². The number of thiophene rings is 2. The fourth-order valence-corrected chi connectivity index (χ4v) is 15.3. The van der Waals surface area contributed by atoms with Crippen molar-refractivity contribution in [3.63, 3.8) is 0 Å². The summed E-state index contributed by atoms with van der Waals surface area (Å²) >= 11 is 1.35. The Bertz CT molecular complexity index is 2350. The highest BCUT2D eigenvalue weighted by Gasteiger charge is 2.41. The molecule has 0 saturated carbocycles. The largest absolute Gasteiger partial charge is 0.479 e. The molecule has 2 aliphatic heterocycles. The van der Waals surface area contributed by atoms with Gasteiger partial charge in [-0.3, -0.25) is 9.59 Å². The first-order valence-corrected chi connectivity index (χ1v) is 27.4. The fourth-order valence-electron chi connectivity index (χ4n) is 6.11. The van der Waals surface area contributed by atoms with Gasteiger partial charge in [0.25, 0.3) is 36.0 Å². The van der Waals surface area contributed by atoms with Gasteiger partial charge in [0.1, 0.15) is 22.9 Å². The number of nitrogens with two attached hydrogens (primary N) is 1. The Morgan fingerprint density at radius 3 is 1.59 bits per heavy atom. The Morgan fingerprint density at radius 1 is 0.828 bits per heavy atom. The van der Waals surface area contributed by atoms with Crippen LogP contribution in [0.3, 0.4) is 0 Å². The SMILES string of the molecule is CC(=O)O[C@@H](C)C(=O)O.CCN[C@H]1CN(CCCOC)S(=O)(=O)c2sc(S(=O)(=O)NC(=O)[C@H](C)OC(C)(C)C)cc21.CCN[C@H]1CN(CCCOC)S(=O)(=O)c2sc(S(N)(=O)=O)cc21. The first-order chi connectivity index (χ1) is 29.5. The molecule has 0 aromatic carbocycles. The number of hydrogen-bond acceptors (Lipinski definition) is 19. The molecule has 368 valence electrons. The van der Waals surface area contributed by atoms with Gasteiger partial charge < -0.3 is 34.7 Å². The van der Waals surface area contributed by atoms with Gasteiger partial charge in [-0.15, -0.1) is 22.7 Å². The van der Waals surface area contributed by atoms with Crippen LogP contribution in [0, 0.1) is 0 Å². The Morgan fingerprint density at radius 2 is 1.25 bits per heavy atom. The molecular weight excluding hydrogens is 965 g/mol. The Kier molecular flexibility index (Phi) is 21.8. The van der Waals surface area contributed by atoms with Crippen LogP contribution in [0.2, 0.25) is 0 Å². The lowest BCUT2D eigenvalue weighted by molar-refractivity contribution is -0.161. The van der Waals surface area contributed by atoms with Crippen molar-refractivity contribution in [1.29, 1.82) is 0 Å². The van der Waals surface area contributed by atoms with Crippen molar-refractivity contribution < 1.29 is 72.1 Å². The van der Waals surface area contributed by atoms with Crippen LogP contribution in [0.25, 0.3) is 0 Å². The second-order valence-electron chi connectivity index (χ2n) is 15.2. The second-order valence-corrected chi connectivity index (χ2v) is 25.3. The standard InChI is InChI=1S/C19H33N3O7S3.C12H21N3O5S3.C5H8O4/c1-7-20-15-12-22(9-8-10-28-6)32(26,27)18-14(15)11-16(30-18)31(24,25)21-17(23)13(2)29-19(3,4)5;1-3-14-10-8-15(5-4-6-20-2)23(18,19)12-9(10)7-11(21-12)22(13,16)17;1-3(5(7)8)9-4(2)6/h11,13,15,20H,7-10,12H2,1-6H3,(H,21,23);7,10,14H,3-6,8H2,1-2H3,(H2,13,16,17);3H,1-2H3,(H,7,8)/t13-,15-;10-;3-/m000/s1. The second kappa shape index (κ2) is 24.4. The number of fused-ring (bicyclic) bond motifs is 2. The number of carboxylic acid groups (broad SMARTS) is 1. The molecule has 4 atom stereocenters. The maximum atomic E-state index is 13.1. The van der Waals surface area contributed by atoms with Gasteiger partial charge >= 0.3 is 11.9 Å². The first-order valence-electron chi connectivity index (χ1n) is 19.9. The van der Waals surface area contributed by atoms with E-state index >= 15 is 0 Å². The summed E-state index contributed by atoms with van der Waals surface area (Å²) in [5, 5.41) is 19.7. The van der Waals surface area contributed by atoms with Gasteiger partial charge in [0, 0.05) is 83.7 Å². The predicted molar refractivity (Wildman–Crippen MR) is 238 cm³/mol. The minimum atomic E-state index is -4.27. The van der Waals surface area contributed by atoms with Crippen LogP contribution in [-0.2, 0) is 73.4 Å². The monoisotopic (exact) mass is 1030 g/mol. The highest BCUT2D eigenvalue weighted by Crippen LogP contribution is 2.41. The lowest BCUT2D eigenvalue weighted by atomic mass is 10.1. The van der Waals surface area contributed by atoms with Crippen LogP contribution in [0.5, 0.6) is 0 Å². The van der Waals surface area contributed by atoms with Gasteiger partial charge in [-0.05, 0) is 72.7 Å². The summed E-state index contributed by atoms with van der Waals surface area (Å²) in [6.07, 6.45) is -0.962. The molecule has 0 aliphatic carbocycles. The number of rotatable bonds is 19. The van der Waals surface area contributed by atoms with E-state index in [9.17, 15) is 48.1 Å². The van der Waals surface area contributed by atoms with Crippen molar-refractivity contribution in [1.82, 2.24) is 24.0 Å². The van der Waals surface area contributed by atoms with E-state index in [1.807, 2.05) is 18.6 Å². The van der Waals surface area contributed by atoms with Crippen molar-refractivity contribution in [3.05, 3.63) is 23.3 Å². The molecule has 0 spiro atoms. The maximum Gasteiger partial charge on any atom is 0.344 e. The summed E-state index contributed by atoms with van der Waals surface area (Å²) in [5.41, 5.74) is 0.234. The number of esters is 1. The zero-order chi connectivity index (χ0) is 49.0. The number of hydrogen-bond donors (Lipinski definition) is 5. The van der Waals surface area contributed by atoms with Gasteiger partial charge in [0.15, 0.2) is 6.10 Å². The third-order valence-electron chi connectivity index (χ3n) is 8.86. The summed E-state index contributed by atoms with van der Waals surface area (Å²) < 4.78 is 125. The molecule has 4 heterocycles. The summed E-state index contributed by atoms with van der Waals surface area (Å²) in [6.45, 7) is 16.1. The minimum absolute atomic E-state index is 0.0288. The zero-order valence-electron chi connectivity index (χ0n) is 37.5. The lowest BCUT2D eigenvalue weighted by Crippen LogP contribution is -2.43. The number of carbonyl (C=O) groups excluding carboxylic acids is 2. The van der Waals surface area contributed by atoms with E-state index in [0.717, 1.165) is 0 Å². The Labute approximate surface area is 384 Å². The number of likely N-dealkylation sites (N-methyl/N-ethyl adjacent to an activating group) is 2. The topological polar surface area (TPSA) is 314 Å². The number of carbonyl (C=O) groups is 3. The number of nitrogens with zero attached hydrogens (tertiary/aromatic N) is 2. The van der Waals surface area contributed by atoms with Crippen LogP contribution < -0.4 is 20.5 Å². The van der Waals surface area contributed by atoms with Crippen LogP contribution >= 0.6 is 22.7 Å². The molecule has 4 rings (SSSR count). The third kappa shape index (κ3) is 16.3. The quantitative estimate of drug-likeness (QED) is 0.0985. The molecule has 0 saturated heterocycles. The van der Waals surface area contributed by atoms with Crippen LogP contribution in [0.4, 0.5) is 0 Å². The Balaban J connectivity index is 0.000000382. The van der Waals surface area contributed by atoms with Crippen molar-refractivity contribution in [2.45, 2.75) is 115 Å². The number of aliphatic carboxylic acids is 1. The molecule has 28 heteroatoms. The van der Waals surface area contributed by atoms with Crippen molar-refractivity contribution in [3.8, 4) is 0 Å². The molecular formula is C36H62N6O16S6. The minimum Gasteiger partial charge on any atom is -0.479 e. The molecule has 2 aromatic rings. The lowest BCUT2D eigenvalue weighted by Gasteiger charge is -2.32. The molecule has 0 unspecified atom stereocenters. The Hall–Kier alpha value is -2.71. The van der Waals surface area contributed by atoms with Crippen LogP contribution in [0.1, 0.15) is 91.4 Å². The van der Waals surface area contributed by atoms with Crippen molar-refractivity contribution in [2.75, 3.05) is 66.7 Å². The molecule has 2 aromatic heterocycles. The van der Waals surface area contributed by atoms with E-state index in [4.69, 9.17) is 24.5 Å². The average molecular weight is 1030 g/mol. The molecule has 6 N–H and O–H groups in total. The van der Waals surface area contributed by atoms with E-state index in [1.165, 1.54) is 41.5 Å². The van der Waals surface area contributed by atoms with E-state index in [-0.39, 0.29) is 48.6 Å². The molecule has 0 bridgehead atoms.